The van der Waals surface area contributed by atoms with Gasteiger partial charge in [0.25, 0.3) is 0 Å². The molecule has 0 spiro atoms. The van der Waals surface area contributed by atoms with Gasteiger partial charge in [-0.05, 0) is 43.8 Å². The van der Waals surface area contributed by atoms with E-state index in [1.54, 1.807) is 18.7 Å². The smallest absolute Gasteiger partial charge is 0.435 e. The van der Waals surface area contributed by atoms with Gasteiger partial charge in [-0.25, -0.2) is 4.79 Å². The van der Waals surface area contributed by atoms with E-state index >= 15 is 0 Å². The Morgan fingerprint density at radius 1 is 1.18 bits per heavy atom. The molecule has 0 aliphatic rings. The molecular formula is C22H34N2O6S3. The van der Waals surface area contributed by atoms with Gasteiger partial charge in [0.1, 0.15) is 6.54 Å². The summed E-state index contributed by atoms with van der Waals surface area (Å²) in [5.74, 6) is -0.479. The lowest BCUT2D eigenvalue weighted by Gasteiger charge is -2.26. The second kappa shape index (κ2) is 17.0. The first-order valence-electron chi connectivity index (χ1n) is 10.7. The van der Waals surface area contributed by atoms with Crippen molar-refractivity contribution in [2.75, 3.05) is 25.2 Å². The number of nitrogens with two attached hydrogens (primary N) is 1. The maximum absolute atomic E-state index is 13.0. The fraction of sp³-hybridized carbons (Fsp3) is 0.591. The van der Waals surface area contributed by atoms with Gasteiger partial charge in [-0.15, -0.1) is 11.7 Å². The normalized spacial score (nSPS) is 14.5. The van der Waals surface area contributed by atoms with Gasteiger partial charge < -0.3 is 25.3 Å². The Balaban J connectivity index is 2.72. The Morgan fingerprint density at radius 2 is 1.88 bits per heavy atom. The van der Waals surface area contributed by atoms with E-state index < -0.39 is 24.3 Å². The number of benzene rings is 1. The highest BCUT2D eigenvalue weighted by atomic mass is 33.1. The van der Waals surface area contributed by atoms with Gasteiger partial charge in [-0.1, -0.05) is 41.1 Å². The predicted molar refractivity (Wildman–Crippen MR) is 136 cm³/mol. The zero-order valence-electron chi connectivity index (χ0n) is 19.2. The quantitative estimate of drug-likeness (QED) is 0.139. The number of amides is 1. The number of thiol groups is 1. The zero-order valence-corrected chi connectivity index (χ0v) is 21.8. The Morgan fingerprint density at radius 3 is 2.48 bits per heavy atom. The van der Waals surface area contributed by atoms with Crippen LogP contribution in [-0.4, -0.2) is 60.8 Å². The zero-order chi connectivity index (χ0) is 24.6. The molecule has 33 heavy (non-hydrogen) atoms. The monoisotopic (exact) mass is 518 g/mol. The Hall–Kier alpha value is -1.56. The van der Waals surface area contributed by atoms with Crippen molar-refractivity contribution < 1.29 is 28.6 Å². The number of thioether (sulfide) groups is 1. The SMILES string of the molecule is CCOC(=O)OC(C)OC(=O)CNC(=O)C(Cc1ccccc1)CC(SS)C(N)CCSC. The molecular weight excluding hydrogens is 484 g/mol. The largest absolute Gasteiger partial charge is 0.511 e. The molecule has 0 aliphatic heterocycles. The van der Waals surface area contributed by atoms with Crippen LogP contribution in [0.2, 0.25) is 0 Å². The van der Waals surface area contributed by atoms with Crippen molar-refractivity contribution in [2.45, 2.75) is 50.7 Å². The Bertz CT molecular complexity index is 725. The number of rotatable bonds is 15. The molecule has 0 fully saturated rings. The summed E-state index contributed by atoms with van der Waals surface area (Å²) in [6, 6.07) is 9.57. The van der Waals surface area contributed by atoms with Crippen LogP contribution in [0.3, 0.4) is 0 Å². The van der Waals surface area contributed by atoms with Gasteiger partial charge in [0.15, 0.2) is 0 Å². The summed E-state index contributed by atoms with van der Waals surface area (Å²) in [4.78, 5) is 36.4. The Kier molecular flexibility index (Phi) is 15.1. The van der Waals surface area contributed by atoms with E-state index in [4.69, 9.17) is 15.2 Å². The number of ether oxygens (including phenoxy) is 3. The third-order valence-corrected chi connectivity index (χ3v) is 6.98. The average molecular weight is 519 g/mol. The van der Waals surface area contributed by atoms with Crippen LogP contribution in [0.5, 0.6) is 0 Å². The van der Waals surface area contributed by atoms with Gasteiger partial charge in [-0.2, -0.15) is 11.8 Å². The summed E-state index contributed by atoms with van der Waals surface area (Å²) in [7, 11) is 1.36. The molecule has 1 amide bonds. The van der Waals surface area contributed by atoms with E-state index in [1.807, 2.05) is 36.6 Å². The molecule has 0 saturated carbocycles. The first-order chi connectivity index (χ1) is 15.8. The molecule has 0 radical (unpaired) electrons. The van der Waals surface area contributed by atoms with E-state index in [9.17, 15) is 14.4 Å². The summed E-state index contributed by atoms with van der Waals surface area (Å²) in [5.41, 5.74) is 7.37. The van der Waals surface area contributed by atoms with E-state index in [2.05, 4.69) is 21.7 Å². The second-order valence-electron chi connectivity index (χ2n) is 7.29. The number of nitrogens with one attached hydrogen (secondary N) is 1. The molecule has 1 rings (SSSR count). The molecule has 1 aromatic carbocycles. The van der Waals surface area contributed by atoms with Crippen LogP contribution >= 0.6 is 34.2 Å². The van der Waals surface area contributed by atoms with Gasteiger partial charge in [0.2, 0.25) is 12.2 Å². The van der Waals surface area contributed by atoms with Gasteiger partial charge >= 0.3 is 12.1 Å². The fourth-order valence-electron chi connectivity index (χ4n) is 3.04. The average Bonchev–Trinajstić information content (AvgIpc) is 2.79. The van der Waals surface area contributed by atoms with E-state index in [0.29, 0.717) is 12.8 Å². The fourth-order valence-corrected chi connectivity index (χ4v) is 4.89. The molecule has 186 valence electrons. The maximum Gasteiger partial charge on any atom is 0.511 e. The first kappa shape index (κ1) is 29.5. The van der Waals surface area contributed by atoms with Crippen LogP contribution in [-0.2, 0) is 30.2 Å². The lowest BCUT2D eigenvalue weighted by atomic mass is 9.91. The van der Waals surface area contributed by atoms with Crippen molar-refractivity contribution in [3.05, 3.63) is 35.9 Å². The third-order valence-electron chi connectivity index (χ3n) is 4.71. The molecule has 11 heteroatoms. The molecule has 3 N–H and O–H groups in total. The van der Waals surface area contributed by atoms with E-state index in [1.165, 1.54) is 17.7 Å². The molecule has 0 aliphatic carbocycles. The molecule has 1 aromatic rings. The van der Waals surface area contributed by atoms with Crippen LogP contribution in [0.4, 0.5) is 4.79 Å². The summed E-state index contributed by atoms with van der Waals surface area (Å²) < 4.78 is 14.4. The summed E-state index contributed by atoms with van der Waals surface area (Å²) in [6.07, 6.45) is 1.81. The molecule has 4 unspecified atom stereocenters. The number of carbonyl (C=O) groups excluding carboxylic acids is 3. The molecule has 0 saturated heterocycles. The highest BCUT2D eigenvalue weighted by Gasteiger charge is 2.27. The lowest BCUT2D eigenvalue weighted by molar-refractivity contribution is -0.167. The highest BCUT2D eigenvalue weighted by molar-refractivity contribution is 8.68. The molecule has 0 bridgehead atoms. The number of esters is 1. The topological polar surface area (TPSA) is 117 Å². The van der Waals surface area contributed by atoms with E-state index in [-0.39, 0.29) is 30.4 Å². The van der Waals surface area contributed by atoms with Crippen molar-refractivity contribution >= 4 is 52.2 Å². The summed E-state index contributed by atoms with van der Waals surface area (Å²) >= 11 is 6.11. The van der Waals surface area contributed by atoms with E-state index in [0.717, 1.165) is 17.7 Å². The summed E-state index contributed by atoms with van der Waals surface area (Å²) in [6.45, 7) is 2.81. The van der Waals surface area contributed by atoms with Crippen molar-refractivity contribution in [2.24, 2.45) is 11.7 Å². The van der Waals surface area contributed by atoms with Crippen molar-refractivity contribution in [1.29, 1.82) is 0 Å². The molecule has 0 aromatic heterocycles. The third kappa shape index (κ3) is 12.5. The Labute approximate surface area is 209 Å². The molecule has 0 heterocycles. The van der Waals surface area contributed by atoms with Crippen molar-refractivity contribution in [3.63, 3.8) is 0 Å². The number of hydrogen-bond donors (Lipinski definition) is 3. The van der Waals surface area contributed by atoms with Gasteiger partial charge in [0, 0.05) is 24.1 Å². The lowest BCUT2D eigenvalue weighted by Crippen LogP contribution is -2.41. The minimum absolute atomic E-state index is 0.0232. The summed E-state index contributed by atoms with van der Waals surface area (Å²) in [5, 5.41) is 2.61. The minimum atomic E-state index is -1.13. The van der Waals surface area contributed by atoms with Crippen LogP contribution in [0, 0.1) is 5.92 Å². The second-order valence-corrected chi connectivity index (χ2v) is 9.72. The van der Waals surface area contributed by atoms with Crippen LogP contribution in [0.1, 0.15) is 32.3 Å². The van der Waals surface area contributed by atoms with Crippen molar-refractivity contribution in [1.82, 2.24) is 5.32 Å². The predicted octanol–water partition coefficient (Wildman–Crippen LogP) is 3.44. The van der Waals surface area contributed by atoms with Crippen molar-refractivity contribution in [3.8, 4) is 0 Å². The molecule has 8 nitrogen and oxygen atoms in total. The van der Waals surface area contributed by atoms with Crippen LogP contribution in [0.25, 0.3) is 0 Å². The maximum atomic E-state index is 13.0. The first-order valence-corrected chi connectivity index (χ1v) is 14.0. The van der Waals surface area contributed by atoms with Crippen LogP contribution in [0.15, 0.2) is 30.3 Å². The number of carbonyl (C=O) groups is 3. The standard InChI is InChI=1S/C22H34N2O6S3/c1-4-28-22(27)30-15(2)29-20(25)14-24-21(26)17(12-16-8-6-5-7-9-16)13-19(33-31)18(23)10-11-32-3/h5-9,15,17-19,31H,4,10-14,23H2,1-3H3,(H,24,26). The van der Waals surface area contributed by atoms with Gasteiger partial charge in [-0.3, -0.25) is 9.59 Å². The minimum Gasteiger partial charge on any atom is -0.435 e. The van der Waals surface area contributed by atoms with Gasteiger partial charge in [0.05, 0.1) is 6.61 Å². The van der Waals surface area contributed by atoms with Crippen LogP contribution < -0.4 is 11.1 Å². The molecule has 4 atom stereocenters. The number of hydrogen-bond acceptors (Lipinski definition) is 10. The highest BCUT2D eigenvalue weighted by Crippen LogP contribution is 2.28.